The Bertz CT molecular complexity index is 423. The summed E-state index contributed by atoms with van der Waals surface area (Å²) < 4.78 is 0. The fourth-order valence-electron chi connectivity index (χ4n) is 3.59. The van der Waals surface area contributed by atoms with Gasteiger partial charge in [-0.1, -0.05) is 38.1 Å². The molecule has 0 aromatic heterocycles. The lowest BCUT2D eigenvalue weighted by atomic mass is 9.67. The number of hydrogen-bond donors (Lipinski definition) is 2. The van der Waals surface area contributed by atoms with Gasteiger partial charge in [-0.05, 0) is 49.7 Å². The van der Waals surface area contributed by atoms with Crippen LogP contribution in [-0.2, 0) is 12.0 Å². The van der Waals surface area contributed by atoms with Gasteiger partial charge in [-0.25, -0.2) is 0 Å². The molecule has 0 saturated heterocycles. The van der Waals surface area contributed by atoms with Crippen LogP contribution in [0.2, 0.25) is 0 Å². The Morgan fingerprint density at radius 3 is 2.42 bits per heavy atom. The first-order valence-corrected chi connectivity index (χ1v) is 7.47. The van der Waals surface area contributed by atoms with Crippen molar-refractivity contribution in [2.75, 3.05) is 6.54 Å². The topological polar surface area (TPSA) is 46.2 Å². The monoisotopic (exact) mass is 261 g/mol. The molecule has 2 nitrogen and oxygen atoms in total. The highest BCUT2D eigenvalue weighted by molar-refractivity contribution is 5.29. The van der Waals surface area contributed by atoms with Gasteiger partial charge < -0.3 is 10.8 Å². The largest absolute Gasteiger partial charge is 0.385 e. The molecule has 1 aliphatic rings. The molecule has 19 heavy (non-hydrogen) atoms. The van der Waals surface area contributed by atoms with Gasteiger partial charge in [0.2, 0.25) is 0 Å². The summed E-state index contributed by atoms with van der Waals surface area (Å²) in [5.74, 6) is 0.657. The zero-order valence-electron chi connectivity index (χ0n) is 12.4. The van der Waals surface area contributed by atoms with Gasteiger partial charge in [-0.15, -0.1) is 0 Å². The summed E-state index contributed by atoms with van der Waals surface area (Å²) in [6.07, 6.45) is 4.24. The van der Waals surface area contributed by atoms with E-state index in [1.807, 2.05) is 6.92 Å². The summed E-state index contributed by atoms with van der Waals surface area (Å²) >= 11 is 0. The zero-order chi connectivity index (χ0) is 14.1. The van der Waals surface area contributed by atoms with E-state index in [-0.39, 0.29) is 5.41 Å². The molecule has 106 valence electrons. The molecule has 3 unspecified atom stereocenters. The van der Waals surface area contributed by atoms with E-state index < -0.39 is 5.60 Å². The van der Waals surface area contributed by atoms with Crippen LogP contribution in [0.5, 0.6) is 0 Å². The summed E-state index contributed by atoms with van der Waals surface area (Å²) in [7, 11) is 0. The average molecular weight is 261 g/mol. The van der Waals surface area contributed by atoms with E-state index in [1.165, 1.54) is 12.0 Å². The lowest BCUT2D eigenvalue weighted by Crippen LogP contribution is -2.47. The van der Waals surface area contributed by atoms with Gasteiger partial charge in [-0.3, -0.25) is 0 Å². The zero-order valence-corrected chi connectivity index (χ0v) is 12.4. The number of hydrogen-bond acceptors (Lipinski definition) is 2. The van der Waals surface area contributed by atoms with Crippen molar-refractivity contribution in [3.63, 3.8) is 0 Å². The van der Waals surface area contributed by atoms with Gasteiger partial charge in [-0.2, -0.15) is 0 Å². The lowest BCUT2D eigenvalue weighted by Gasteiger charge is -2.43. The first kappa shape index (κ1) is 14.5. The van der Waals surface area contributed by atoms with Crippen LogP contribution in [0.25, 0.3) is 0 Å². The standard InChI is InChI=1S/C17H27NO/c1-4-14-5-7-15(8-6-14)16(3,19)17(12-18)10-9-13(2)11-17/h5-8,13,19H,4,9-12,18H2,1-3H3. The maximum Gasteiger partial charge on any atom is 0.0936 e. The van der Waals surface area contributed by atoms with Crippen molar-refractivity contribution in [3.05, 3.63) is 35.4 Å². The van der Waals surface area contributed by atoms with Crippen molar-refractivity contribution in [3.8, 4) is 0 Å². The molecule has 0 heterocycles. The third-order valence-corrected chi connectivity index (χ3v) is 5.20. The van der Waals surface area contributed by atoms with Crippen molar-refractivity contribution in [1.29, 1.82) is 0 Å². The fourth-order valence-corrected chi connectivity index (χ4v) is 3.59. The van der Waals surface area contributed by atoms with Crippen molar-refractivity contribution >= 4 is 0 Å². The predicted octanol–water partition coefficient (Wildman–Crippen LogP) is 3.22. The van der Waals surface area contributed by atoms with E-state index >= 15 is 0 Å². The minimum atomic E-state index is -0.835. The summed E-state index contributed by atoms with van der Waals surface area (Å²) in [5.41, 5.74) is 7.36. The van der Waals surface area contributed by atoms with Gasteiger partial charge in [0.05, 0.1) is 5.60 Å². The van der Waals surface area contributed by atoms with Crippen LogP contribution in [0.4, 0.5) is 0 Å². The Balaban J connectivity index is 2.33. The van der Waals surface area contributed by atoms with Crippen molar-refractivity contribution in [1.82, 2.24) is 0 Å². The molecule has 0 aliphatic heterocycles. The van der Waals surface area contributed by atoms with E-state index in [0.717, 1.165) is 24.8 Å². The average Bonchev–Trinajstić information content (AvgIpc) is 2.82. The second-order valence-electron chi connectivity index (χ2n) is 6.46. The molecular formula is C17H27NO. The summed E-state index contributed by atoms with van der Waals surface area (Å²) in [5, 5.41) is 11.1. The SMILES string of the molecule is CCc1ccc(C(C)(O)C2(CN)CCC(C)C2)cc1. The first-order valence-electron chi connectivity index (χ1n) is 7.47. The first-order chi connectivity index (χ1) is 8.95. The second kappa shape index (κ2) is 5.26. The quantitative estimate of drug-likeness (QED) is 0.874. The van der Waals surface area contributed by atoms with Crippen molar-refractivity contribution < 1.29 is 5.11 Å². The molecule has 1 saturated carbocycles. The Morgan fingerprint density at radius 1 is 1.37 bits per heavy atom. The third-order valence-electron chi connectivity index (χ3n) is 5.20. The maximum atomic E-state index is 11.1. The number of nitrogens with two attached hydrogens (primary N) is 1. The van der Waals surface area contributed by atoms with Gasteiger partial charge >= 0.3 is 0 Å². The van der Waals surface area contributed by atoms with E-state index in [9.17, 15) is 5.11 Å². The second-order valence-corrected chi connectivity index (χ2v) is 6.46. The van der Waals surface area contributed by atoms with Gasteiger partial charge in [0.15, 0.2) is 0 Å². The summed E-state index contributed by atoms with van der Waals surface area (Å²) in [4.78, 5) is 0. The number of aryl methyl sites for hydroxylation is 1. The minimum Gasteiger partial charge on any atom is -0.385 e. The molecule has 2 rings (SSSR count). The van der Waals surface area contributed by atoms with Crippen molar-refractivity contribution in [2.24, 2.45) is 17.1 Å². The molecule has 0 bridgehead atoms. The molecule has 0 radical (unpaired) electrons. The van der Waals surface area contributed by atoms with Crippen LogP contribution >= 0.6 is 0 Å². The van der Waals surface area contributed by atoms with Crippen LogP contribution in [0, 0.1) is 11.3 Å². The molecule has 1 fully saturated rings. The number of rotatable bonds is 4. The van der Waals surface area contributed by atoms with Gasteiger partial charge in [0.25, 0.3) is 0 Å². The third kappa shape index (κ3) is 2.44. The normalized spacial score (nSPS) is 30.3. The van der Waals surface area contributed by atoms with E-state index in [0.29, 0.717) is 12.5 Å². The van der Waals surface area contributed by atoms with Crippen LogP contribution < -0.4 is 5.73 Å². The Hall–Kier alpha value is -0.860. The number of aliphatic hydroxyl groups is 1. The molecule has 3 atom stereocenters. The lowest BCUT2D eigenvalue weighted by molar-refractivity contribution is -0.0711. The molecular weight excluding hydrogens is 234 g/mol. The predicted molar refractivity (Wildman–Crippen MR) is 79.9 cm³/mol. The minimum absolute atomic E-state index is 0.167. The Morgan fingerprint density at radius 2 is 2.00 bits per heavy atom. The van der Waals surface area contributed by atoms with Crippen molar-refractivity contribution in [2.45, 2.75) is 52.1 Å². The fraction of sp³-hybridized carbons (Fsp3) is 0.647. The highest BCUT2D eigenvalue weighted by Gasteiger charge is 2.50. The molecule has 0 amide bonds. The van der Waals surface area contributed by atoms with Gasteiger partial charge in [0.1, 0.15) is 0 Å². The Kier molecular flexibility index (Phi) is 4.03. The molecule has 0 spiro atoms. The smallest absolute Gasteiger partial charge is 0.0936 e. The molecule has 1 aliphatic carbocycles. The van der Waals surface area contributed by atoms with E-state index in [4.69, 9.17) is 5.73 Å². The van der Waals surface area contributed by atoms with E-state index in [1.54, 1.807) is 0 Å². The van der Waals surface area contributed by atoms with Crippen LogP contribution in [-0.4, -0.2) is 11.7 Å². The highest BCUT2D eigenvalue weighted by atomic mass is 16.3. The van der Waals surface area contributed by atoms with Crippen LogP contribution in [0.15, 0.2) is 24.3 Å². The summed E-state index contributed by atoms with van der Waals surface area (Å²) in [6.45, 7) is 6.90. The molecule has 3 N–H and O–H groups in total. The van der Waals surface area contributed by atoms with Crippen LogP contribution in [0.1, 0.15) is 51.2 Å². The highest BCUT2D eigenvalue weighted by Crippen LogP contribution is 2.52. The number of benzene rings is 1. The van der Waals surface area contributed by atoms with E-state index in [2.05, 4.69) is 38.1 Å². The summed E-state index contributed by atoms with van der Waals surface area (Å²) in [6, 6.07) is 8.37. The van der Waals surface area contributed by atoms with Crippen LogP contribution in [0.3, 0.4) is 0 Å². The Labute approximate surface area is 117 Å². The molecule has 2 heteroatoms. The molecule has 1 aromatic carbocycles. The maximum absolute atomic E-state index is 11.1. The molecule has 1 aromatic rings. The van der Waals surface area contributed by atoms with Gasteiger partial charge in [0, 0.05) is 12.0 Å².